The Bertz CT molecular complexity index is 629. The van der Waals surface area contributed by atoms with E-state index in [1.807, 2.05) is 0 Å². The van der Waals surface area contributed by atoms with Crippen molar-refractivity contribution in [3.05, 3.63) is 0 Å². The average Bonchev–Trinajstić information content (AvgIpc) is 2.65. The molecule has 0 bridgehead atoms. The molecule has 0 aliphatic heterocycles. The molecule has 0 heterocycles. The molecule has 0 spiro atoms. The molecule has 2 atom stereocenters. The number of amides is 5. The highest BCUT2D eigenvalue weighted by Gasteiger charge is 2.25. The Morgan fingerprint density at radius 3 is 1.90 bits per heavy atom. The number of aliphatic carboxylic acids is 1. The van der Waals surface area contributed by atoms with Gasteiger partial charge in [-0.1, -0.05) is 6.92 Å². The van der Waals surface area contributed by atoms with Gasteiger partial charge < -0.3 is 31.7 Å². The van der Waals surface area contributed by atoms with Gasteiger partial charge in [-0.25, -0.2) is 0 Å². The summed E-state index contributed by atoms with van der Waals surface area (Å²) in [5.41, 5.74) is 0. The second kappa shape index (κ2) is 14.2. The van der Waals surface area contributed by atoms with E-state index < -0.39 is 67.1 Å². The van der Waals surface area contributed by atoms with E-state index >= 15 is 0 Å². The van der Waals surface area contributed by atoms with E-state index in [2.05, 4.69) is 39.2 Å². The van der Waals surface area contributed by atoms with Crippen LogP contribution in [0.3, 0.4) is 0 Å². The molecule has 6 N–H and O–H groups in total. The zero-order chi connectivity index (χ0) is 22.4. The summed E-state index contributed by atoms with van der Waals surface area (Å²) in [6.45, 7) is 2.28. The maximum atomic E-state index is 12.1. The van der Waals surface area contributed by atoms with Crippen LogP contribution in [0.5, 0.6) is 0 Å². The highest BCUT2D eigenvalue weighted by Crippen LogP contribution is 1.94. The Labute approximate surface area is 173 Å². The SMILES string of the molecule is CC[C@H](NC(C)=O)C(=O)NCC(=O)N[C@@H](CC(=O)O)C(=O)NCC(=O)NCCS. The van der Waals surface area contributed by atoms with Gasteiger partial charge in [0, 0.05) is 19.2 Å². The quantitative estimate of drug-likeness (QED) is 0.152. The third kappa shape index (κ3) is 12.3. The van der Waals surface area contributed by atoms with Gasteiger partial charge in [-0.2, -0.15) is 12.6 Å². The molecule has 0 aliphatic carbocycles. The van der Waals surface area contributed by atoms with E-state index in [1.165, 1.54) is 6.92 Å². The monoisotopic (exact) mass is 433 g/mol. The summed E-state index contributed by atoms with van der Waals surface area (Å²) in [4.78, 5) is 69.5. The smallest absolute Gasteiger partial charge is 0.305 e. The van der Waals surface area contributed by atoms with Crippen LogP contribution in [0.4, 0.5) is 0 Å². The number of hydrogen-bond donors (Lipinski definition) is 7. The van der Waals surface area contributed by atoms with Gasteiger partial charge in [-0.05, 0) is 6.42 Å². The lowest BCUT2D eigenvalue weighted by Gasteiger charge is -2.18. The molecule has 5 amide bonds. The average molecular weight is 433 g/mol. The maximum Gasteiger partial charge on any atom is 0.305 e. The van der Waals surface area contributed by atoms with Crippen LogP contribution in [0.25, 0.3) is 0 Å². The molecular formula is C16H27N5O7S. The molecule has 0 aliphatic rings. The number of carboxylic acids is 1. The molecule has 0 fully saturated rings. The molecule has 13 heteroatoms. The number of carbonyl (C=O) groups is 6. The van der Waals surface area contributed by atoms with E-state index in [4.69, 9.17) is 5.11 Å². The van der Waals surface area contributed by atoms with E-state index in [1.54, 1.807) is 6.92 Å². The molecule has 0 rings (SSSR count). The fourth-order valence-electron chi connectivity index (χ4n) is 2.07. The van der Waals surface area contributed by atoms with Crippen LogP contribution in [0, 0.1) is 0 Å². The van der Waals surface area contributed by atoms with Gasteiger partial charge in [-0.3, -0.25) is 28.8 Å². The topological polar surface area (TPSA) is 183 Å². The number of thiol groups is 1. The molecule has 0 saturated heterocycles. The Hall–Kier alpha value is -2.83. The number of hydrogen-bond acceptors (Lipinski definition) is 7. The zero-order valence-corrected chi connectivity index (χ0v) is 17.1. The zero-order valence-electron chi connectivity index (χ0n) is 16.2. The van der Waals surface area contributed by atoms with Crippen molar-refractivity contribution in [2.45, 2.75) is 38.8 Å². The van der Waals surface area contributed by atoms with Crippen LogP contribution >= 0.6 is 12.6 Å². The Morgan fingerprint density at radius 1 is 0.862 bits per heavy atom. The van der Waals surface area contributed by atoms with E-state index in [0.717, 1.165) is 0 Å². The van der Waals surface area contributed by atoms with Crippen LogP contribution in [0.1, 0.15) is 26.7 Å². The van der Waals surface area contributed by atoms with Crippen molar-refractivity contribution in [3.63, 3.8) is 0 Å². The standard InChI is InChI=1S/C16H27N5O7S/c1-3-10(20-9(2)22)15(27)19-8-13(24)21-11(6-14(25)26)16(28)18-7-12(23)17-4-5-29/h10-11,29H,3-8H2,1-2H3,(H,17,23)(H,18,28)(H,19,27)(H,20,22)(H,21,24)(H,25,26)/t10-,11-/m0/s1. The summed E-state index contributed by atoms with van der Waals surface area (Å²) in [6, 6.07) is -2.26. The van der Waals surface area contributed by atoms with Gasteiger partial charge in [0.1, 0.15) is 12.1 Å². The summed E-state index contributed by atoms with van der Waals surface area (Å²) >= 11 is 3.92. The number of carboxylic acid groups (broad SMARTS) is 1. The van der Waals surface area contributed by atoms with E-state index in [0.29, 0.717) is 18.7 Å². The van der Waals surface area contributed by atoms with Crippen LogP contribution in [-0.2, 0) is 28.8 Å². The first kappa shape index (κ1) is 26.2. The highest BCUT2D eigenvalue weighted by molar-refractivity contribution is 7.80. The Morgan fingerprint density at radius 2 is 1.41 bits per heavy atom. The molecular weight excluding hydrogens is 406 g/mol. The van der Waals surface area contributed by atoms with Crippen molar-refractivity contribution < 1.29 is 33.9 Å². The molecule has 164 valence electrons. The minimum atomic E-state index is -1.44. The molecule has 0 saturated carbocycles. The molecule has 0 unspecified atom stereocenters. The van der Waals surface area contributed by atoms with Crippen molar-refractivity contribution in [1.29, 1.82) is 0 Å². The minimum absolute atomic E-state index is 0.296. The third-order valence-electron chi connectivity index (χ3n) is 3.41. The maximum absolute atomic E-state index is 12.1. The first-order chi connectivity index (χ1) is 13.6. The number of nitrogens with one attached hydrogen (secondary N) is 5. The second-order valence-corrected chi connectivity index (χ2v) is 6.34. The minimum Gasteiger partial charge on any atom is -0.481 e. The van der Waals surface area contributed by atoms with Crippen molar-refractivity contribution in [2.75, 3.05) is 25.4 Å². The van der Waals surface area contributed by atoms with Crippen LogP contribution in [0.2, 0.25) is 0 Å². The fraction of sp³-hybridized carbons (Fsp3) is 0.625. The Kier molecular flexibility index (Phi) is 12.8. The highest BCUT2D eigenvalue weighted by atomic mass is 32.1. The van der Waals surface area contributed by atoms with Gasteiger partial charge in [0.2, 0.25) is 29.5 Å². The molecule has 29 heavy (non-hydrogen) atoms. The van der Waals surface area contributed by atoms with Crippen molar-refractivity contribution >= 4 is 48.1 Å². The van der Waals surface area contributed by atoms with Crippen LogP contribution in [-0.4, -0.2) is 78.1 Å². The predicted octanol–water partition coefficient (Wildman–Crippen LogP) is -2.86. The van der Waals surface area contributed by atoms with Crippen LogP contribution in [0.15, 0.2) is 0 Å². The van der Waals surface area contributed by atoms with E-state index in [-0.39, 0.29) is 0 Å². The molecule has 12 nitrogen and oxygen atoms in total. The molecule has 0 radical (unpaired) electrons. The summed E-state index contributed by atoms with van der Waals surface area (Å²) in [6.07, 6.45) is -0.417. The lowest BCUT2D eigenvalue weighted by atomic mass is 10.2. The van der Waals surface area contributed by atoms with Crippen molar-refractivity contribution in [2.24, 2.45) is 0 Å². The van der Waals surface area contributed by atoms with E-state index in [9.17, 15) is 28.8 Å². The summed E-state index contributed by atoms with van der Waals surface area (Å²) < 4.78 is 0. The number of rotatable bonds is 13. The molecule has 0 aromatic carbocycles. The first-order valence-corrected chi connectivity index (χ1v) is 9.45. The largest absolute Gasteiger partial charge is 0.481 e. The summed E-state index contributed by atoms with van der Waals surface area (Å²) in [5.74, 6) is -4.11. The second-order valence-electron chi connectivity index (χ2n) is 5.89. The van der Waals surface area contributed by atoms with Gasteiger partial charge in [-0.15, -0.1) is 0 Å². The molecule has 0 aromatic rings. The van der Waals surface area contributed by atoms with Gasteiger partial charge in [0.05, 0.1) is 19.5 Å². The lowest BCUT2D eigenvalue weighted by Crippen LogP contribution is -2.53. The third-order valence-corrected chi connectivity index (χ3v) is 3.64. The lowest BCUT2D eigenvalue weighted by molar-refractivity contribution is -0.140. The first-order valence-electron chi connectivity index (χ1n) is 8.81. The van der Waals surface area contributed by atoms with Crippen LogP contribution < -0.4 is 26.6 Å². The van der Waals surface area contributed by atoms with Gasteiger partial charge in [0.25, 0.3) is 0 Å². The molecule has 0 aromatic heterocycles. The normalized spacial score (nSPS) is 12.1. The Balaban J connectivity index is 4.68. The van der Waals surface area contributed by atoms with Gasteiger partial charge >= 0.3 is 5.97 Å². The predicted molar refractivity (Wildman–Crippen MR) is 105 cm³/mol. The van der Waals surface area contributed by atoms with Gasteiger partial charge in [0.15, 0.2) is 0 Å². The summed E-state index contributed by atoms with van der Waals surface area (Å²) in [5, 5.41) is 20.5. The fourth-order valence-corrected chi connectivity index (χ4v) is 2.18. The van der Waals surface area contributed by atoms with Crippen molar-refractivity contribution in [1.82, 2.24) is 26.6 Å². The summed E-state index contributed by atoms with van der Waals surface area (Å²) in [7, 11) is 0. The number of carbonyl (C=O) groups excluding carboxylic acids is 5. The van der Waals surface area contributed by atoms with Crippen molar-refractivity contribution in [3.8, 4) is 0 Å².